The first-order valence-electron chi connectivity index (χ1n) is 12.3. The van der Waals surface area contributed by atoms with E-state index in [0.717, 1.165) is 36.9 Å². The van der Waals surface area contributed by atoms with E-state index in [2.05, 4.69) is 86.6 Å². The maximum absolute atomic E-state index is 11.0. The summed E-state index contributed by atoms with van der Waals surface area (Å²) in [4.78, 5) is 16.0. The summed E-state index contributed by atoms with van der Waals surface area (Å²) >= 11 is 0. The Morgan fingerprint density at radius 3 is 2.20 bits per heavy atom. The Morgan fingerprint density at radius 2 is 1.51 bits per heavy atom. The zero-order valence-electron chi connectivity index (χ0n) is 20.8. The maximum atomic E-state index is 11.0. The molecule has 0 bridgehead atoms. The molecule has 1 heterocycles. The van der Waals surface area contributed by atoms with Crippen molar-refractivity contribution in [2.24, 2.45) is 0 Å². The first-order chi connectivity index (χ1) is 16.9. The Balaban J connectivity index is 1.47. The summed E-state index contributed by atoms with van der Waals surface area (Å²) in [6, 6.07) is 26.0. The molecule has 0 aliphatic carbocycles. The average Bonchev–Trinajstić information content (AvgIpc) is 2.82. The normalized spacial score (nSPS) is 11.7. The number of hydrogen-bond acceptors (Lipinski definition) is 3. The van der Waals surface area contributed by atoms with Crippen LogP contribution < -0.4 is 0 Å². The monoisotopic (exact) mass is 463 g/mol. The molecule has 0 spiro atoms. The van der Waals surface area contributed by atoms with Crippen LogP contribution >= 0.6 is 0 Å². The van der Waals surface area contributed by atoms with E-state index in [0.29, 0.717) is 6.42 Å². The Bertz CT molecular complexity index is 1350. The Hall–Kier alpha value is -3.72. The molecule has 4 rings (SSSR count). The minimum atomic E-state index is -0.116. The molecule has 0 aliphatic rings. The predicted molar refractivity (Wildman–Crippen MR) is 145 cm³/mol. The van der Waals surface area contributed by atoms with Crippen LogP contribution in [0.5, 0.6) is 0 Å². The number of nitrogens with zero attached hydrogens (tertiary/aromatic N) is 1. The molecule has 3 heteroatoms. The molecule has 0 amide bonds. The summed E-state index contributed by atoms with van der Waals surface area (Å²) < 4.78 is 0. The summed E-state index contributed by atoms with van der Waals surface area (Å²) in [5, 5.41) is 11.0. The number of para-hydroxylation sites is 1. The first kappa shape index (κ1) is 24.4. The number of hydrogen-bond donors (Lipinski definition) is 1. The number of allylic oxidation sites excluding steroid dienone is 2. The van der Waals surface area contributed by atoms with Gasteiger partial charge in [-0.2, -0.15) is 0 Å². The highest BCUT2D eigenvalue weighted by atomic mass is 16.3. The van der Waals surface area contributed by atoms with E-state index in [4.69, 9.17) is 4.98 Å². The van der Waals surface area contributed by atoms with E-state index in [1.54, 1.807) is 0 Å². The van der Waals surface area contributed by atoms with Gasteiger partial charge in [-0.25, -0.2) is 4.98 Å². The van der Waals surface area contributed by atoms with Crippen LogP contribution in [0.1, 0.15) is 47.6 Å². The van der Waals surface area contributed by atoms with Crippen LogP contribution in [0, 0.1) is 13.8 Å². The maximum Gasteiger partial charge on any atom is 0.155 e. The van der Waals surface area contributed by atoms with E-state index >= 15 is 0 Å². The third kappa shape index (κ3) is 6.66. The van der Waals surface area contributed by atoms with Crippen LogP contribution in [0.4, 0.5) is 0 Å². The van der Waals surface area contributed by atoms with Gasteiger partial charge in [0.15, 0.2) is 5.78 Å². The van der Waals surface area contributed by atoms with Crippen molar-refractivity contribution < 1.29 is 9.90 Å². The van der Waals surface area contributed by atoms with E-state index in [9.17, 15) is 9.90 Å². The van der Waals surface area contributed by atoms with E-state index < -0.39 is 0 Å². The standard InChI is InChI=1S/C32H33NO2/c1-22-17-23(2)19-28(18-22)32-21-27(30-9-4-5-10-31(30)33-32)16-15-26-13-11-25(12-14-26)7-6-8-29(35)20-24(3)34/h4-5,9-14,17-21,35H,6-8,15-16H2,1-3H3. The van der Waals surface area contributed by atoms with E-state index in [1.807, 2.05) is 0 Å². The van der Waals surface area contributed by atoms with Gasteiger partial charge in [0.2, 0.25) is 0 Å². The van der Waals surface area contributed by atoms with Crippen LogP contribution in [0.25, 0.3) is 22.2 Å². The zero-order valence-corrected chi connectivity index (χ0v) is 20.8. The van der Waals surface area contributed by atoms with Crippen LogP contribution in [-0.2, 0) is 24.1 Å². The number of carbonyl (C=O) groups excluding carboxylic acids is 1. The quantitative estimate of drug-likeness (QED) is 0.205. The summed E-state index contributed by atoms with van der Waals surface area (Å²) in [5.74, 6) is 0.0498. The average molecular weight is 464 g/mol. The molecular formula is C32H33NO2. The van der Waals surface area contributed by atoms with Crippen molar-refractivity contribution in [2.45, 2.75) is 52.9 Å². The summed E-state index contributed by atoms with van der Waals surface area (Å²) in [7, 11) is 0. The lowest BCUT2D eigenvalue weighted by molar-refractivity contribution is -0.112. The molecule has 0 radical (unpaired) electrons. The molecule has 178 valence electrons. The van der Waals surface area contributed by atoms with Gasteiger partial charge >= 0.3 is 0 Å². The fraction of sp³-hybridized carbons (Fsp3) is 0.250. The second kappa shape index (κ2) is 11.1. The Kier molecular flexibility index (Phi) is 7.77. The van der Waals surface area contributed by atoms with Gasteiger partial charge in [-0.15, -0.1) is 0 Å². The lowest BCUT2D eigenvalue weighted by atomic mass is 9.97. The number of fused-ring (bicyclic) bond motifs is 1. The van der Waals surface area contributed by atoms with Gasteiger partial charge in [0.1, 0.15) is 0 Å². The molecular weight excluding hydrogens is 430 g/mol. The second-order valence-corrected chi connectivity index (χ2v) is 9.48. The summed E-state index contributed by atoms with van der Waals surface area (Å²) in [6.45, 7) is 5.72. The smallest absolute Gasteiger partial charge is 0.155 e. The van der Waals surface area contributed by atoms with Crippen molar-refractivity contribution >= 4 is 16.7 Å². The highest BCUT2D eigenvalue weighted by Gasteiger charge is 2.09. The number of aliphatic hydroxyl groups excluding tert-OH is 1. The van der Waals surface area contributed by atoms with Crippen LogP contribution in [0.2, 0.25) is 0 Å². The molecule has 0 unspecified atom stereocenters. The Labute approximate surface area is 208 Å². The summed E-state index contributed by atoms with van der Waals surface area (Å²) in [6.07, 6.45) is 5.44. The highest BCUT2D eigenvalue weighted by molar-refractivity contribution is 5.87. The van der Waals surface area contributed by atoms with Crippen molar-refractivity contribution in [3.63, 3.8) is 0 Å². The van der Waals surface area contributed by atoms with Gasteiger partial charge < -0.3 is 5.11 Å². The van der Waals surface area contributed by atoms with Gasteiger partial charge in [-0.1, -0.05) is 59.7 Å². The number of pyridine rings is 1. The lowest BCUT2D eigenvalue weighted by Gasteiger charge is -2.12. The first-order valence-corrected chi connectivity index (χ1v) is 12.3. The van der Waals surface area contributed by atoms with Crippen LogP contribution in [0.15, 0.2) is 84.6 Å². The number of rotatable bonds is 9. The number of aryl methyl sites for hydroxylation is 5. The number of aromatic nitrogens is 1. The Morgan fingerprint density at radius 1 is 0.857 bits per heavy atom. The third-order valence-corrected chi connectivity index (χ3v) is 6.29. The van der Waals surface area contributed by atoms with Gasteiger partial charge in [0.25, 0.3) is 0 Å². The predicted octanol–water partition coefficient (Wildman–Crippen LogP) is 7.66. The van der Waals surface area contributed by atoms with Crippen LogP contribution in [-0.4, -0.2) is 15.9 Å². The fourth-order valence-corrected chi connectivity index (χ4v) is 4.66. The van der Waals surface area contributed by atoms with Gasteiger partial charge in [-0.05, 0) is 87.4 Å². The minimum absolute atomic E-state index is 0.116. The van der Waals surface area contributed by atoms with E-state index in [-0.39, 0.29) is 11.5 Å². The van der Waals surface area contributed by atoms with Gasteiger partial charge in [-0.3, -0.25) is 4.79 Å². The van der Waals surface area contributed by atoms with Crippen molar-refractivity contribution in [1.29, 1.82) is 0 Å². The highest BCUT2D eigenvalue weighted by Crippen LogP contribution is 2.27. The zero-order chi connectivity index (χ0) is 24.8. The molecule has 35 heavy (non-hydrogen) atoms. The minimum Gasteiger partial charge on any atom is -0.512 e. The van der Waals surface area contributed by atoms with Gasteiger partial charge in [0, 0.05) is 23.4 Å². The number of carbonyl (C=O) groups is 1. The fourth-order valence-electron chi connectivity index (χ4n) is 4.66. The molecule has 0 aliphatic heterocycles. The SMILES string of the molecule is CC(=O)C=C(O)CCCc1ccc(CCc2cc(-c3cc(C)cc(C)c3)nc3ccccc23)cc1. The van der Waals surface area contributed by atoms with Crippen molar-refractivity contribution in [3.05, 3.63) is 112 Å². The molecule has 0 saturated carbocycles. The number of ketones is 1. The van der Waals surface area contributed by atoms with Crippen molar-refractivity contribution in [1.82, 2.24) is 4.98 Å². The molecule has 1 aromatic heterocycles. The topological polar surface area (TPSA) is 50.2 Å². The molecule has 3 aromatic carbocycles. The number of benzene rings is 3. The lowest BCUT2D eigenvalue weighted by Crippen LogP contribution is -1.97. The van der Waals surface area contributed by atoms with Crippen molar-refractivity contribution in [3.8, 4) is 11.3 Å². The third-order valence-electron chi connectivity index (χ3n) is 6.29. The molecule has 3 nitrogen and oxygen atoms in total. The number of aliphatic hydroxyl groups is 1. The molecule has 0 fully saturated rings. The van der Waals surface area contributed by atoms with Gasteiger partial charge in [0.05, 0.1) is 17.0 Å². The summed E-state index contributed by atoms with van der Waals surface area (Å²) in [5.41, 5.74) is 9.62. The molecule has 1 N–H and O–H groups in total. The van der Waals surface area contributed by atoms with E-state index in [1.165, 1.54) is 51.8 Å². The van der Waals surface area contributed by atoms with Crippen molar-refractivity contribution in [2.75, 3.05) is 0 Å². The molecule has 0 atom stereocenters. The van der Waals surface area contributed by atoms with Crippen LogP contribution in [0.3, 0.4) is 0 Å². The second-order valence-electron chi connectivity index (χ2n) is 9.48. The molecule has 0 saturated heterocycles. The molecule has 4 aromatic rings. The largest absolute Gasteiger partial charge is 0.512 e.